The molecule has 1 aliphatic rings. The van der Waals surface area contributed by atoms with Gasteiger partial charge in [0.25, 0.3) is 0 Å². The minimum atomic E-state index is -0.160. The van der Waals surface area contributed by atoms with Crippen LogP contribution in [0.1, 0.15) is 33.6 Å². The van der Waals surface area contributed by atoms with Gasteiger partial charge >= 0.3 is 0 Å². The Balaban J connectivity index is 2.61. The molecule has 1 N–H and O–H groups in total. The maximum atomic E-state index is 11.4. The summed E-state index contributed by atoms with van der Waals surface area (Å²) in [5.74, 6) is 0.0146. The van der Waals surface area contributed by atoms with Crippen molar-refractivity contribution in [1.29, 1.82) is 0 Å². The summed E-state index contributed by atoms with van der Waals surface area (Å²) in [6, 6.07) is 0. The first-order valence-corrected chi connectivity index (χ1v) is 4.54. The minimum absolute atomic E-state index is 0.00111. The Morgan fingerprint density at radius 2 is 2.31 bits per heavy atom. The van der Waals surface area contributed by atoms with Crippen molar-refractivity contribution in [1.82, 2.24) is 10.4 Å². The fraction of sp³-hybridized carbons (Fsp3) is 0.778. The summed E-state index contributed by atoms with van der Waals surface area (Å²) in [4.78, 5) is 22.2. The number of ketones is 1. The Morgan fingerprint density at radius 3 is 2.69 bits per heavy atom. The summed E-state index contributed by atoms with van der Waals surface area (Å²) in [5, 5.41) is 1.42. The third-order valence-corrected chi connectivity index (χ3v) is 2.41. The van der Waals surface area contributed by atoms with Crippen molar-refractivity contribution in [3.63, 3.8) is 0 Å². The van der Waals surface area contributed by atoms with Gasteiger partial charge in [-0.15, -0.1) is 0 Å². The summed E-state index contributed by atoms with van der Waals surface area (Å²) in [7, 11) is 0. The lowest BCUT2D eigenvalue weighted by atomic mass is 9.97. The Hall–Kier alpha value is -0.900. The summed E-state index contributed by atoms with van der Waals surface area (Å²) in [6.45, 7) is 5.67. The van der Waals surface area contributed by atoms with Crippen molar-refractivity contribution >= 4 is 11.7 Å². The van der Waals surface area contributed by atoms with Crippen LogP contribution in [0, 0.1) is 0 Å². The minimum Gasteiger partial charge on any atom is -0.298 e. The highest BCUT2D eigenvalue weighted by atomic mass is 16.2. The molecule has 4 heteroatoms. The maximum Gasteiger partial charge on any atom is 0.239 e. The van der Waals surface area contributed by atoms with Gasteiger partial charge in [-0.2, -0.15) is 0 Å². The van der Waals surface area contributed by atoms with Gasteiger partial charge in [0.2, 0.25) is 5.91 Å². The molecule has 1 unspecified atom stereocenters. The molecule has 0 aliphatic carbocycles. The monoisotopic (exact) mass is 184 g/mol. The summed E-state index contributed by atoms with van der Waals surface area (Å²) in [5.41, 5.74) is 2.90. The van der Waals surface area contributed by atoms with Crippen LogP contribution in [0.5, 0.6) is 0 Å². The Labute approximate surface area is 78.3 Å². The summed E-state index contributed by atoms with van der Waals surface area (Å²) in [6.07, 6.45) is 1.37. The predicted molar refractivity (Wildman–Crippen MR) is 48.8 cm³/mol. The average molecular weight is 184 g/mol. The van der Waals surface area contributed by atoms with Crippen LogP contribution in [0.15, 0.2) is 0 Å². The first-order valence-electron chi connectivity index (χ1n) is 4.54. The van der Waals surface area contributed by atoms with E-state index in [0.29, 0.717) is 6.42 Å². The zero-order chi connectivity index (χ0) is 10.1. The molecule has 1 saturated heterocycles. The van der Waals surface area contributed by atoms with Crippen molar-refractivity contribution in [2.75, 3.05) is 6.54 Å². The lowest BCUT2D eigenvalue weighted by Crippen LogP contribution is -2.45. The molecular formula is C9H16N2O2. The number of nitrogens with one attached hydrogen (secondary N) is 1. The molecule has 0 saturated carbocycles. The molecule has 13 heavy (non-hydrogen) atoms. The van der Waals surface area contributed by atoms with E-state index in [9.17, 15) is 9.59 Å². The first kappa shape index (κ1) is 10.2. The Bertz CT molecular complexity index is 240. The van der Waals surface area contributed by atoms with E-state index < -0.39 is 0 Å². The van der Waals surface area contributed by atoms with E-state index in [1.54, 1.807) is 0 Å². The van der Waals surface area contributed by atoms with Gasteiger partial charge in [0.1, 0.15) is 0 Å². The molecule has 1 fully saturated rings. The van der Waals surface area contributed by atoms with E-state index in [2.05, 4.69) is 5.43 Å². The number of hydrogen-bond donors (Lipinski definition) is 1. The van der Waals surface area contributed by atoms with Crippen LogP contribution in [0.25, 0.3) is 0 Å². The van der Waals surface area contributed by atoms with Gasteiger partial charge in [0.05, 0.1) is 6.54 Å². The number of amides is 1. The number of carbonyl (C=O) groups excluding carboxylic acids is 2. The van der Waals surface area contributed by atoms with Gasteiger partial charge in [-0.05, 0) is 20.3 Å². The fourth-order valence-corrected chi connectivity index (χ4v) is 1.41. The molecule has 0 radical (unpaired) electrons. The SMILES string of the molecule is CCC1(C)CC(=O)N(CC(C)=O)N1. The van der Waals surface area contributed by atoms with Crippen molar-refractivity contribution < 1.29 is 9.59 Å². The predicted octanol–water partition coefficient (Wildman–Crippen LogP) is 0.481. The largest absolute Gasteiger partial charge is 0.298 e. The maximum absolute atomic E-state index is 11.4. The summed E-state index contributed by atoms with van der Waals surface area (Å²) < 4.78 is 0. The topological polar surface area (TPSA) is 49.4 Å². The van der Waals surface area contributed by atoms with Crippen LogP contribution in [-0.4, -0.2) is 28.8 Å². The number of rotatable bonds is 3. The third kappa shape index (κ3) is 2.28. The number of hydrogen-bond acceptors (Lipinski definition) is 3. The molecule has 0 bridgehead atoms. The van der Waals surface area contributed by atoms with Gasteiger partial charge in [0, 0.05) is 12.0 Å². The molecule has 1 atom stereocenters. The average Bonchev–Trinajstić information content (AvgIpc) is 2.27. The number of hydrazine groups is 1. The van der Waals surface area contributed by atoms with E-state index >= 15 is 0 Å². The van der Waals surface area contributed by atoms with Crippen molar-refractivity contribution in [2.45, 2.75) is 39.2 Å². The van der Waals surface area contributed by atoms with Gasteiger partial charge < -0.3 is 0 Å². The van der Waals surface area contributed by atoms with E-state index in [1.807, 2.05) is 13.8 Å². The van der Waals surface area contributed by atoms with Crippen molar-refractivity contribution in [2.24, 2.45) is 0 Å². The second-order valence-electron chi connectivity index (χ2n) is 3.88. The molecule has 0 aromatic heterocycles. The highest BCUT2D eigenvalue weighted by molar-refractivity contribution is 5.86. The van der Waals surface area contributed by atoms with E-state index in [-0.39, 0.29) is 23.8 Å². The molecule has 1 heterocycles. The van der Waals surface area contributed by atoms with Crippen LogP contribution in [0.2, 0.25) is 0 Å². The lowest BCUT2D eigenvalue weighted by Gasteiger charge is -2.23. The fourth-order valence-electron chi connectivity index (χ4n) is 1.41. The highest BCUT2D eigenvalue weighted by Crippen LogP contribution is 2.22. The molecule has 0 aromatic carbocycles. The quantitative estimate of drug-likeness (QED) is 0.694. The summed E-state index contributed by atoms with van der Waals surface area (Å²) >= 11 is 0. The number of carbonyl (C=O) groups is 2. The first-order chi connectivity index (χ1) is 5.97. The van der Waals surface area contributed by atoms with E-state index in [0.717, 1.165) is 6.42 Å². The second-order valence-corrected chi connectivity index (χ2v) is 3.88. The molecule has 0 spiro atoms. The van der Waals surface area contributed by atoms with Crippen LogP contribution < -0.4 is 5.43 Å². The standard InChI is InChI=1S/C9H16N2O2/c1-4-9(3)5-8(13)11(10-9)6-7(2)12/h10H,4-6H2,1-3H3. The van der Waals surface area contributed by atoms with E-state index in [1.165, 1.54) is 11.9 Å². The highest BCUT2D eigenvalue weighted by Gasteiger charge is 2.37. The van der Waals surface area contributed by atoms with Crippen LogP contribution in [-0.2, 0) is 9.59 Å². The van der Waals surface area contributed by atoms with Gasteiger partial charge in [-0.3, -0.25) is 14.6 Å². The zero-order valence-electron chi connectivity index (χ0n) is 8.39. The van der Waals surface area contributed by atoms with Crippen LogP contribution in [0.3, 0.4) is 0 Å². The molecule has 1 aliphatic heterocycles. The van der Waals surface area contributed by atoms with E-state index in [4.69, 9.17) is 0 Å². The lowest BCUT2D eigenvalue weighted by molar-refractivity contribution is -0.133. The molecule has 74 valence electrons. The molecule has 1 amide bonds. The molecule has 0 aromatic rings. The van der Waals surface area contributed by atoms with Gasteiger partial charge in [-0.1, -0.05) is 6.92 Å². The number of Topliss-reactive ketones (excluding diaryl/α,β-unsaturated/α-hetero) is 1. The normalized spacial score (nSPS) is 28.2. The molecule has 1 rings (SSSR count). The second kappa shape index (κ2) is 3.46. The Kier molecular flexibility index (Phi) is 2.71. The van der Waals surface area contributed by atoms with Gasteiger partial charge in [-0.25, -0.2) is 5.43 Å². The third-order valence-electron chi connectivity index (χ3n) is 2.41. The molecular weight excluding hydrogens is 168 g/mol. The number of nitrogens with zero attached hydrogens (tertiary/aromatic N) is 1. The zero-order valence-corrected chi connectivity index (χ0v) is 8.39. The van der Waals surface area contributed by atoms with Crippen molar-refractivity contribution in [3.8, 4) is 0 Å². The smallest absolute Gasteiger partial charge is 0.239 e. The molecule has 4 nitrogen and oxygen atoms in total. The Morgan fingerprint density at radius 1 is 1.69 bits per heavy atom. The van der Waals surface area contributed by atoms with Crippen LogP contribution in [0.4, 0.5) is 0 Å². The van der Waals surface area contributed by atoms with Gasteiger partial charge in [0.15, 0.2) is 5.78 Å². The van der Waals surface area contributed by atoms with Crippen LogP contribution >= 0.6 is 0 Å². The van der Waals surface area contributed by atoms with Crippen molar-refractivity contribution in [3.05, 3.63) is 0 Å².